The lowest BCUT2D eigenvalue weighted by Gasteiger charge is -1.91. The normalized spacial score (nSPS) is 10.4. The van der Waals surface area contributed by atoms with Crippen LogP contribution in [0.5, 0.6) is 0 Å². The monoisotopic (exact) mass is 252 g/mol. The summed E-state index contributed by atoms with van der Waals surface area (Å²) in [5.74, 6) is 0.215. The van der Waals surface area contributed by atoms with Crippen LogP contribution in [0.1, 0.15) is 5.89 Å². The van der Waals surface area contributed by atoms with Gasteiger partial charge in [-0.3, -0.25) is 9.78 Å². The molecule has 8 heteroatoms. The molecule has 0 radical (unpaired) electrons. The Kier molecular flexibility index (Phi) is 3.66. The predicted molar refractivity (Wildman–Crippen MR) is 59.1 cm³/mol. The van der Waals surface area contributed by atoms with Gasteiger partial charge in [0.2, 0.25) is 11.7 Å². The van der Waals surface area contributed by atoms with E-state index < -0.39 is 5.97 Å². The number of carbonyl (C=O) groups is 1. The molecule has 0 aliphatic rings. The van der Waals surface area contributed by atoms with Crippen molar-refractivity contribution in [2.45, 2.75) is 5.75 Å². The first kappa shape index (κ1) is 11.5. The molecule has 7 nitrogen and oxygen atoms in total. The highest BCUT2D eigenvalue weighted by atomic mass is 32.2. The second-order valence-electron chi connectivity index (χ2n) is 2.99. The minimum absolute atomic E-state index is 0.00283. The number of hydrogen-bond donors (Lipinski definition) is 1. The molecular formula is C9H8N4O3S. The second-order valence-corrected chi connectivity index (χ2v) is 3.97. The molecule has 0 saturated carbocycles. The number of thioether (sulfide) groups is 1. The Labute approximate surface area is 100 Å². The van der Waals surface area contributed by atoms with E-state index in [2.05, 4.69) is 20.1 Å². The van der Waals surface area contributed by atoms with Gasteiger partial charge in [-0.05, 0) is 0 Å². The number of rotatable bonds is 5. The first-order valence-corrected chi connectivity index (χ1v) is 5.79. The highest BCUT2D eigenvalue weighted by Gasteiger charge is 2.10. The van der Waals surface area contributed by atoms with Crippen molar-refractivity contribution in [1.29, 1.82) is 0 Å². The van der Waals surface area contributed by atoms with Crippen LogP contribution in [0.3, 0.4) is 0 Å². The fraction of sp³-hybridized carbons (Fsp3) is 0.222. The van der Waals surface area contributed by atoms with Crippen molar-refractivity contribution in [3.05, 3.63) is 24.5 Å². The molecule has 0 amide bonds. The first-order valence-electron chi connectivity index (χ1n) is 4.64. The van der Waals surface area contributed by atoms with Gasteiger partial charge in [-0.2, -0.15) is 4.98 Å². The Bertz CT molecular complexity index is 502. The van der Waals surface area contributed by atoms with E-state index in [0.29, 0.717) is 23.2 Å². The summed E-state index contributed by atoms with van der Waals surface area (Å²) in [5.41, 5.74) is 0.519. The fourth-order valence-corrected chi connectivity index (χ4v) is 1.63. The first-order chi connectivity index (χ1) is 8.25. The SMILES string of the molecule is O=C(O)CSCc1nc(-c2cnccn2)no1. The zero-order chi connectivity index (χ0) is 12.1. The fourth-order valence-electron chi connectivity index (χ4n) is 1.06. The number of aliphatic carboxylic acids is 1. The molecule has 1 N–H and O–H groups in total. The van der Waals surface area contributed by atoms with Crippen molar-refractivity contribution in [2.75, 3.05) is 5.75 Å². The number of nitrogens with zero attached hydrogens (tertiary/aromatic N) is 4. The van der Waals surface area contributed by atoms with Crippen LogP contribution in [-0.2, 0) is 10.5 Å². The summed E-state index contributed by atoms with van der Waals surface area (Å²) in [5, 5.41) is 12.2. The van der Waals surface area contributed by atoms with Crippen LogP contribution in [0.25, 0.3) is 11.5 Å². The van der Waals surface area contributed by atoms with Crippen molar-refractivity contribution in [1.82, 2.24) is 20.1 Å². The molecule has 17 heavy (non-hydrogen) atoms. The average Bonchev–Trinajstić information content (AvgIpc) is 2.78. The van der Waals surface area contributed by atoms with Gasteiger partial charge in [-0.25, -0.2) is 4.98 Å². The summed E-state index contributed by atoms with van der Waals surface area (Å²) >= 11 is 1.19. The lowest BCUT2D eigenvalue weighted by atomic mass is 10.4. The Morgan fingerprint density at radius 3 is 3.06 bits per heavy atom. The van der Waals surface area contributed by atoms with Gasteiger partial charge in [-0.15, -0.1) is 11.8 Å². The Hall–Kier alpha value is -1.96. The standard InChI is InChI=1S/C9H8N4O3S/c14-8(15)5-17-4-7-12-9(13-16-7)6-3-10-1-2-11-6/h1-3H,4-5H2,(H,14,15). The molecule has 0 aliphatic carbocycles. The highest BCUT2D eigenvalue weighted by molar-refractivity contribution is 7.99. The van der Waals surface area contributed by atoms with Gasteiger partial charge in [-0.1, -0.05) is 5.16 Å². The Balaban J connectivity index is 1.99. The summed E-state index contributed by atoms with van der Waals surface area (Å²) in [4.78, 5) is 22.3. The van der Waals surface area contributed by atoms with E-state index in [1.54, 1.807) is 6.20 Å². The molecule has 0 aliphatic heterocycles. The highest BCUT2D eigenvalue weighted by Crippen LogP contribution is 2.14. The molecule has 0 atom stereocenters. The van der Waals surface area contributed by atoms with Gasteiger partial charge < -0.3 is 9.63 Å². The second kappa shape index (κ2) is 5.39. The molecule has 2 aromatic heterocycles. The molecule has 0 spiro atoms. The van der Waals surface area contributed by atoms with Crippen LogP contribution in [0.15, 0.2) is 23.1 Å². The Morgan fingerprint density at radius 1 is 1.47 bits per heavy atom. The molecule has 0 bridgehead atoms. The minimum atomic E-state index is -0.872. The van der Waals surface area contributed by atoms with Crippen LogP contribution < -0.4 is 0 Å². The lowest BCUT2D eigenvalue weighted by molar-refractivity contribution is -0.133. The molecule has 0 fully saturated rings. The molecule has 0 aromatic carbocycles. The molecule has 88 valence electrons. The number of hydrogen-bond acceptors (Lipinski definition) is 7. The number of carboxylic acid groups (broad SMARTS) is 1. The maximum absolute atomic E-state index is 10.3. The average molecular weight is 252 g/mol. The zero-order valence-corrected chi connectivity index (χ0v) is 9.42. The molecule has 2 aromatic rings. The quantitative estimate of drug-likeness (QED) is 0.835. The number of aromatic nitrogens is 4. The smallest absolute Gasteiger partial charge is 0.313 e. The maximum Gasteiger partial charge on any atom is 0.313 e. The maximum atomic E-state index is 10.3. The summed E-state index contributed by atoms with van der Waals surface area (Å²) in [7, 11) is 0. The van der Waals surface area contributed by atoms with Crippen molar-refractivity contribution in [3.8, 4) is 11.5 Å². The van der Waals surface area contributed by atoms with E-state index in [-0.39, 0.29) is 5.75 Å². The summed E-state index contributed by atoms with van der Waals surface area (Å²) in [6, 6.07) is 0. The Morgan fingerprint density at radius 2 is 2.35 bits per heavy atom. The van der Waals surface area contributed by atoms with Crippen LogP contribution in [0, 0.1) is 0 Å². The van der Waals surface area contributed by atoms with E-state index in [9.17, 15) is 4.79 Å². The third-order valence-corrected chi connectivity index (χ3v) is 2.61. The van der Waals surface area contributed by atoms with Crippen LogP contribution in [0.4, 0.5) is 0 Å². The molecule has 0 unspecified atom stereocenters. The van der Waals surface area contributed by atoms with Crippen molar-refractivity contribution >= 4 is 17.7 Å². The van der Waals surface area contributed by atoms with Gasteiger partial charge >= 0.3 is 5.97 Å². The van der Waals surface area contributed by atoms with E-state index >= 15 is 0 Å². The van der Waals surface area contributed by atoms with Crippen molar-refractivity contribution in [2.24, 2.45) is 0 Å². The largest absolute Gasteiger partial charge is 0.481 e. The van der Waals surface area contributed by atoms with Gasteiger partial charge in [0, 0.05) is 12.4 Å². The van der Waals surface area contributed by atoms with Crippen LogP contribution in [0.2, 0.25) is 0 Å². The third-order valence-electron chi connectivity index (χ3n) is 1.71. The number of carboxylic acids is 1. The van der Waals surface area contributed by atoms with E-state index in [4.69, 9.17) is 9.63 Å². The van der Waals surface area contributed by atoms with Crippen molar-refractivity contribution in [3.63, 3.8) is 0 Å². The summed E-state index contributed by atoms with van der Waals surface area (Å²) in [6.07, 6.45) is 4.61. The van der Waals surface area contributed by atoms with Crippen LogP contribution in [-0.4, -0.2) is 36.9 Å². The predicted octanol–water partition coefficient (Wildman–Crippen LogP) is 0.844. The van der Waals surface area contributed by atoms with Gasteiger partial charge in [0.25, 0.3) is 0 Å². The molecular weight excluding hydrogens is 244 g/mol. The summed E-state index contributed by atoms with van der Waals surface area (Å²) in [6.45, 7) is 0. The van der Waals surface area contributed by atoms with Gasteiger partial charge in [0.1, 0.15) is 5.69 Å². The van der Waals surface area contributed by atoms with E-state index in [0.717, 1.165) is 0 Å². The van der Waals surface area contributed by atoms with E-state index in [1.807, 2.05) is 0 Å². The minimum Gasteiger partial charge on any atom is -0.481 e. The van der Waals surface area contributed by atoms with Crippen molar-refractivity contribution < 1.29 is 14.4 Å². The zero-order valence-electron chi connectivity index (χ0n) is 8.61. The van der Waals surface area contributed by atoms with E-state index in [1.165, 1.54) is 24.2 Å². The molecule has 0 saturated heterocycles. The molecule has 2 heterocycles. The third kappa shape index (κ3) is 3.25. The van der Waals surface area contributed by atoms with Gasteiger partial charge in [0.15, 0.2) is 0 Å². The topological polar surface area (TPSA) is 102 Å². The summed E-state index contributed by atoms with van der Waals surface area (Å²) < 4.78 is 4.96. The molecule has 2 rings (SSSR count). The lowest BCUT2D eigenvalue weighted by Crippen LogP contribution is -1.98. The van der Waals surface area contributed by atoms with Gasteiger partial charge in [0.05, 0.1) is 17.7 Å². The van der Waals surface area contributed by atoms with Crippen LogP contribution >= 0.6 is 11.8 Å².